The van der Waals surface area contributed by atoms with Crippen molar-refractivity contribution in [2.45, 2.75) is 57.2 Å². The van der Waals surface area contributed by atoms with Crippen molar-refractivity contribution in [2.75, 3.05) is 0 Å². The Bertz CT molecular complexity index is 540. The first kappa shape index (κ1) is 14.0. The van der Waals surface area contributed by atoms with Crippen LogP contribution in [0.3, 0.4) is 0 Å². The summed E-state index contributed by atoms with van der Waals surface area (Å²) < 4.78 is 0. The lowest BCUT2D eigenvalue weighted by Crippen LogP contribution is -2.69. The molecule has 1 N–H and O–H groups in total. The zero-order valence-electron chi connectivity index (χ0n) is 12.2. The first-order valence-corrected chi connectivity index (χ1v) is 7.51. The van der Waals surface area contributed by atoms with Crippen molar-refractivity contribution in [3.05, 3.63) is 24.3 Å². The van der Waals surface area contributed by atoms with E-state index in [1.807, 2.05) is 0 Å². The summed E-state index contributed by atoms with van der Waals surface area (Å²) in [6, 6.07) is 1.26. The molecule has 1 unspecified atom stereocenters. The minimum Gasteiger partial charge on any atom is -0.340 e. The van der Waals surface area contributed by atoms with Crippen molar-refractivity contribution in [3.8, 4) is 0 Å². The number of hydrogen-bond acceptors (Lipinski definition) is 4. The van der Waals surface area contributed by atoms with Crippen molar-refractivity contribution in [2.24, 2.45) is 0 Å². The number of hydrogen-bond donors (Lipinski definition) is 1. The number of aromatic nitrogens is 2. The van der Waals surface area contributed by atoms with Crippen LogP contribution in [0.25, 0.3) is 0 Å². The Hall–Kier alpha value is -1.98. The highest BCUT2D eigenvalue weighted by atomic mass is 16.2. The first-order chi connectivity index (χ1) is 10.1. The molecule has 3 rings (SSSR count). The van der Waals surface area contributed by atoms with Crippen LogP contribution < -0.4 is 5.32 Å². The molecule has 6 heteroatoms. The number of nitrogens with one attached hydrogen (secondary N) is 1. The van der Waals surface area contributed by atoms with Gasteiger partial charge in [-0.1, -0.05) is 19.3 Å². The van der Waals surface area contributed by atoms with Gasteiger partial charge in [0.05, 0.1) is 6.54 Å². The second-order valence-corrected chi connectivity index (χ2v) is 5.91. The topological polar surface area (TPSA) is 75.2 Å². The quantitative estimate of drug-likeness (QED) is 0.882. The molecule has 6 nitrogen and oxygen atoms in total. The van der Waals surface area contributed by atoms with Gasteiger partial charge >= 0.3 is 0 Å². The van der Waals surface area contributed by atoms with Gasteiger partial charge in [0.25, 0.3) is 0 Å². The fourth-order valence-electron chi connectivity index (χ4n) is 3.25. The van der Waals surface area contributed by atoms with Crippen LogP contribution in [0.4, 0.5) is 0 Å². The van der Waals surface area contributed by atoms with Gasteiger partial charge in [0.15, 0.2) is 0 Å². The summed E-state index contributed by atoms with van der Waals surface area (Å²) >= 11 is 0. The van der Waals surface area contributed by atoms with Crippen LogP contribution in [-0.2, 0) is 16.1 Å². The predicted molar refractivity (Wildman–Crippen MR) is 76.0 cm³/mol. The lowest BCUT2D eigenvalue weighted by atomic mass is 9.78. The third-order valence-electron chi connectivity index (χ3n) is 4.52. The molecule has 21 heavy (non-hydrogen) atoms. The molecule has 1 saturated carbocycles. The fraction of sp³-hybridized carbons (Fsp3) is 0.600. The Morgan fingerprint density at radius 3 is 2.57 bits per heavy atom. The van der Waals surface area contributed by atoms with Crippen LogP contribution in [0.15, 0.2) is 18.5 Å². The highest BCUT2D eigenvalue weighted by Gasteiger charge is 2.49. The van der Waals surface area contributed by atoms with Crippen LogP contribution in [0.5, 0.6) is 0 Å². The Balaban J connectivity index is 1.86. The molecule has 2 aliphatic rings. The molecule has 0 bridgehead atoms. The van der Waals surface area contributed by atoms with Gasteiger partial charge in [0, 0.05) is 12.4 Å². The molecule has 1 aliphatic heterocycles. The largest absolute Gasteiger partial charge is 0.340 e. The number of rotatable bonds is 2. The summed E-state index contributed by atoms with van der Waals surface area (Å²) in [5, 5.41) is 2.98. The van der Waals surface area contributed by atoms with Gasteiger partial charge < -0.3 is 10.2 Å². The van der Waals surface area contributed by atoms with Gasteiger partial charge in [-0.05, 0) is 25.8 Å². The third kappa shape index (κ3) is 2.50. The van der Waals surface area contributed by atoms with Crippen molar-refractivity contribution < 1.29 is 9.59 Å². The number of carbonyl (C=O) groups excluding carboxylic acids is 2. The normalized spacial score (nSPS) is 25.0. The average molecular weight is 288 g/mol. The minimum absolute atomic E-state index is 0.0155. The molecular formula is C15H20N4O2. The van der Waals surface area contributed by atoms with Gasteiger partial charge in [-0.25, -0.2) is 9.97 Å². The maximum atomic E-state index is 12.9. The van der Waals surface area contributed by atoms with Gasteiger partial charge in [0.1, 0.15) is 17.4 Å². The van der Waals surface area contributed by atoms with Crippen molar-refractivity contribution in [3.63, 3.8) is 0 Å². The van der Waals surface area contributed by atoms with Gasteiger partial charge in [-0.3, -0.25) is 9.59 Å². The molecule has 1 aliphatic carbocycles. The number of piperazine rings is 1. The lowest BCUT2D eigenvalue weighted by Gasteiger charge is -2.46. The van der Waals surface area contributed by atoms with E-state index in [9.17, 15) is 9.59 Å². The maximum Gasteiger partial charge on any atom is 0.249 e. The fourth-order valence-corrected chi connectivity index (χ4v) is 3.25. The van der Waals surface area contributed by atoms with Crippen LogP contribution >= 0.6 is 0 Å². The number of carbonyl (C=O) groups is 2. The standard InChI is InChI=1S/C15H20N4O2/c1-11-13(20)18-15(6-3-2-4-7-15)14(21)19(11)10-12-16-8-5-9-17-12/h5,8-9,11H,2-4,6-7,10H2,1H3,(H,18,20). The van der Waals surface area contributed by atoms with Crippen LogP contribution in [0.2, 0.25) is 0 Å². The molecule has 1 saturated heterocycles. The van der Waals surface area contributed by atoms with E-state index in [1.165, 1.54) is 0 Å². The van der Waals surface area contributed by atoms with E-state index in [-0.39, 0.29) is 18.4 Å². The van der Waals surface area contributed by atoms with E-state index >= 15 is 0 Å². The predicted octanol–water partition coefficient (Wildman–Crippen LogP) is 1.03. The molecule has 1 aromatic heterocycles. The van der Waals surface area contributed by atoms with Crippen molar-refractivity contribution in [1.82, 2.24) is 20.2 Å². The summed E-state index contributed by atoms with van der Waals surface area (Å²) in [4.78, 5) is 35.1. The molecule has 0 aromatic carbocycles. The van der Waals surface area contributed by atoms with Gasteiger partial charge in [-0.2, -0.15) is 0 Å². The molecule has 2 fully saturated rings. The highest BCUT2D eigenvalue weighted by Crippen LogP contribution is 2.33. The minimum atomic E-state index is -0.698. The summed E-state index contributed by atoms with van der Waals surface area (Å²) in [5.74, 6) is 0.507. The average Bonchev–Trinajstić information content (AvgIpc) is 2.52. The monoisotopic (exact) mass is 288 g/mol. The Kier molecular flexibility index (Phi) is 3.61. The van der Waals surface area contributed by atoms with E-state index < -0.39 is 11.6 Å². The van der Waals surface area contributed by atoms with Gasteiger partial charge in [0.2, 0.25) is 11.8 Å². The molecule has 1 aromatic rings. The summed E-state index contributed by atoms with van der Waals surface area (Å²) in [5.41, 5.74) is -0.698. The smallest absolute Gasteiger partial charge is 0.249 e. The first-order valence-electron chi connectivity index (χ1n) is 7.51. The summed E-state index contributed by atoms with van der Waals surface area (Å²) in [6.45, 7) is 2.04. The Morgan fingerprint density at radius 2 is 1.90 bits per heavy atom. The van der Waals surface area contributed by atoms with E-state index in [1.54, 1.807) is 30.3 Å². The van der Waals surface area contributed by atoms with Crippen LogP contribution in [0.1, 0.15) is 44.9 Å². The molecule has 2 amide bonds. The molecule has 0 radical (unpaired) electrons. The van der Waals surface area contributed by atoms with Gasteiger partial charge in [-0.15, -0.1) is 0 Å². The van der Waals surface area contributed by atoms with E-state index in [2.05, 4.69) is 15.3 Å². The molecule has 112 valence electrons. The number of amides is 2. The van der Waals surface area contributed by atoms with E-state index in [0.717, 1.165) is 32.1 Å². The summed E-state index contributed by atoms with van der Waals surface area (Å²) in [6.07, 6.45) is 7.86. The highest BCUT2D eigenvalue weighted by molar-refractivity contribution is 5.99. The Morgan fingerprint density at radius 1 is 1.24 bits per heavy atom. The molecule has 1 atom stereocenters. The zero-order valence-corrected chi connectivity index (χ0v) is 12.2. The second kappa shape index (κ2) is 5.42. The summed E-state index contributed by atoms with van der Waals surface area (Å²) in [7, 11) is 0. The zero-order chi connectivity index (χ0) is 14.9. The lowest BCUT2D eigenvalue weighted by molar-refractivity contribution is -0.156. The molecule has 2 heterocycles. The van der Waals surface area contributed by atoms with Crippen LogP contribution in [-0.4, -0.2) is 38.3 Å². The third-order valence-corrected chi connectivity index (χ3v) is 4.52. The second-order valence-electron chi connectivity index (χ2n) is 5.91. The van der Waals surface area contributed by atoms with Crippen LogP contribution in [0, 0.1) is 0 Å². The molecule has 1 spiro atoms. The van der Waals surface area contributed by atoms with Crippen molar-refractivity contribution in [1.29, 1.82) is 0 Å². The Labute approximate surface area is 124 Å². The SMILES string of the molecule is CC1C(=O)NC2(CCCCC2)C(=O)N1Cc1ncccn1. The van der Waals surface area contributed by atoms with Crippen molar-refractivity contribution >= 4 is 11.8 Å². The maximum absolute atomic E-state index is 12.9. The number of nitrogens with zero attached hydrogens (tertiary/aromatic N) is 3. The molecular weight excluding hydrogens is 268 g/mol. The van der Waals surface area contributed by atoms with E-state index in [0.29, 0.717) is 5.82 Å². The van der Waals surface area contributed by atoms with E-state index in [4.69, 9.17) is 0 Å².